The highest BCUT2D eigenvalue weighted by molar-refractivity contribution is 5.77. The first-order valence-corrected chi connectivity index (χ1v) is 9.06. The van der Waals surface area contributed by atoms with Crippen LogP contribution in [0.2, 0.25) is 0 Å². The van der Waals surface area contributed by atoms with Crippen LogP contribution in [-0.2, 0) is 20.7 Å². The number of carbonyl (C=O) groups is 2. The van der Waals surface area contributed by atoms with Gasteiger partial charge in [0.2, 0.25) is 5.91 Å². The highest BCUT2D eigenvalue weighted by Crippen LogP contribution is 2.09. The fourth-order valence-electron chi connectivity index (χ4n) is 2.50. The van der Waals surface area contributed by atoms with E-state index in [0.29, 0.717) is 26.1 Å². The maximum atomic E-state index is 12.5. The number of nitrogens with zero attached hydrogens (tertiary/aromatic N) is 2. The molecule has 0 spiro atoms. The van der Waals surface area contributed by atoms with Crippen molar-refractivity contribution < 1.29 is 14.3 Å². The lowest BCUT2D eigenvalue weighted by Crippen LogP contribution is -2.38. The van der Waals surface area contributed by atoms with Crippen LogP contribution >= 0.6 is 0 Å². The number of hydrogen-bond acceptors (Lipinski definition) is 4. The third-order valence-electron chi connectivity index (χ3n) is 4.04. The van der Waals surface area contributed by atoms with E-state index >= 15 is 0 Å². The smallest absolute Gasteiger partial charge is 0.307 e. The summed E-state index contributed by atoms with van der Waals surface area (Å²) in [6.45, 7) is 6.08. The number of rotatable bonds is 11. The molecule has 1 amide bonds. The van der Waals surface area contributed by atoms with Gasteiger partial charge in [-0.3, -0.25) is 9.59 Å². The lowest BCUT2D eigenvalue weighted by molar-refractivity contribution is -0.144. The first-order valence-electron chi connectivity index (χ1n) is 9.06. The van der Waals surface area contributed by atoms with E-state index in [-0.39, 0.29) is 18.3 Å². The van der Waals surface area contributed by atoms with Gasteiger partial charge in [0.25, 0.3) is 0 Å². The second-order valence-corrected chi connectivity index (χ2v) is 6.58. The summed E-state index contributed by atoms with van der Waals surface area (Å²) in [4.78, 5) is 27.9. The Balaban J connectivity index is 2.46. The van der Waals surface area contributed by atoms with E-state index in [1.807, 2.05) is 19.0 Å². The molecular weight excluding hydrogens is 316 g/mol. The molecule has 0 aliphatic heterocycles. The van der Waals surface area contributed by atoms with Crippen LogP contribution < -0.4 is 0 Å². The quantitative estimate of drug-likeness (QED) is 0.577. The molecule has 5 heteroatoms. The molecule has 0 aliphatic carbocycles. The van der Waals surface area contributed by atoms with Gasteiger partial charge < -0.3 is 14.5 Å². The van der Waals surface area contributed by atoms with Crippen LogP contribution in [-0.4, -0.2) is 62.0 Å². The summed E-state index contributed by atoms with van der Waals surface area (Å²) in [6.07, 6.45) is 2.47. The minimum atomic E-state index is -0.246. The van der Waals surface area contributed by atoms with E-state index in [2.05, 4.69) is 31.2 Å². The van der Waals surface area contributed by atoms with Gasteiger partial charge in [0, 0.05) is 26.1 Å². The van der Waals surface area contributed by atoms with Gasteiger partial charge in [0.05, 0.1) is 13.0 Å². The van der Waals surface area contributed by atoms with Crippen LogP contribution in [0.3, 0.4) is 0 Å². The summed E-state index contributed by atoms with van der Waals surface area (Å²) in [5.41, 5.74) is 2.50. The molecule has 0 aliphatic rings. The fraction of sp³-hybridized carbons (Fsp3) is 0.600. The molecule has 1 rings (SSSR count). The Morgan fingerprint density at radius 1 is 1.00 bits per heavy atom. The largest absolute Gasteiger partial charge is 0.466 e. The van der Waals surface area contributed by atoms with Gasteiger partial charge in [-0.15, -0.1) is 0 Å². The summed E-state index contributed by atoms with van der Waals surface area (Å²) in [5.74, 6) is -0.136. The summed E-state index contributed by atoms with van der Waals surface area (Å²) in [6, 6.07) is 8.43. The number of hydrogen-bond donors (Lipinski definition) is 0. The molecule has 0 heterocycles. The normalized spacial score (nSPS) is 10.8. The minimum absolute atomic E-state index is 0.110. The number of ether oxygens (including phenoxy) is 1. The zero-order chi connectivity index (χ0) is 18.7. The van der Waals surface area contributed by atoms with Gasteiger partial charge in [-0.25, -0.2) is 0 Å². The van der Waals surface area contributed by atoms with E-state index in [1.54, 1.807) is 11.8 Å². The lowest BCUT2D eigenvalue weighted by Gasteiger charge is -2.24. The molecule has 0 unspecified atom stereocenters. The highest BCUT2D eigenvalue weighted by Gasteiger charge is 2.15. The van der Waals surface area contributed by atoms with Crippen molar-refractivity contribution in [2.24, 2.45) is 0 Å². The van der Waals surface area contributed by atoms with E-state index in [4.69, 9.17) is 4.74 Å². The molecule has 0 N–H and O–H groups in total. The molecular formula is C20H32N2O3. The highest BCUT2D eigenvalue weighted by atomic mass is 16.5. The van der Waals surface area contributed by atoms with Crippen molar-refractivity contribution in [2.75, 3.05) is 40.3 Å². The first-order chi connectivity index (χ1) is 11.9. The van der Waals surface area contributed by atoms with E-state index in [1.165, 1.54) is 11.1 Å². The zero-order valence-electron chi connectivity index (χ0n) is 16.1. The molecule has 0 bridgehead atoms. The summed E-state index contributed by atoms with van der Waals surface area (Å²) >= 11 is 0. The molecule has 0 saturated heterocycles. The Morgan fingerprint density at radius 3 is 2.28 bits per heavy atom. The van der Waals surface area contributed by atoms with Crippen LogP contribution in [0.1, 0.15) is 37.3 Å². The van der Waals surface area contributed by atoms with Crippen molar-refractivity contribution in [3.05, 3.63) is 35.4 Å². The van der Waals surface area contributed by atoms with Crippen molar-refractivity contribution in [3.63, 3.8) is 0 Å². The molecule has 0 aromatic heterocycles. The van der Waals surface area contributed by atoms with Crippen molar-refractivity contribution in [1.82, 2.24) is 9.80 Å². The number of carbonyl (C=O) groups excluding carboxylic acids is 2. The van der Waals surface area contributed by atoms with Crippen LogP contribution in [0.25, 0.3) is 0 Å². The van der Waals surface area contributed by atoms with Crippen LogP contribution in [0.4, 0.5) is 0 Å². The van der Waals surface area contributed by atoms with Gasteiger partial charge >= 0.3 is 5.97 Å². The molecule has 1 aromatic carbocycles. The zero-order valence-corrected chi connectivity index (χ0v) is 16.1. The van der Waals surface area contributed by atoms with E-state index < -0.39 is 0 Å². The second-order valence-electron chi connectivity index (χ2n) is 6.58. The number of aryl methyl sites for hydroxylation is 2. The summed E-state index contributed by atoms with van der Waals surface area (Å²) in [7, 11) is 3.96. The summed E-state index contributed by atoms with van der Waals surface area (Å²) in [5, 5.41) is 0. The van der Waals surface area contributed by atoms with E-state index in [0.717, 1.165) is 19.4 Å². The van der Waals surface area contributed by atoms with Crippen LogP contribution in [0, 0.1) is 6.92 Å². The number of likely N-dealkylation sites (N-methyl/N-ethyl adjacent to an activating group) is 1. The molecule has 5 nitrogen and oxygen atoms in total. The van der Waals surface area contributed by atoms with Gasteiger partial charge in [-0.2, -0.15) is 0 Å². The predicted octanol–water partition coefficient (Wildman–Crippen LogP) is 2.66. The maximum Gasteiger partial charge on any atom is 0.307 e. The summed E-state index contributed by atoms with van der Waals surface area (Å²) < 4.78 is 4.96. The SMILES string of the molecule is CCOC(=O)CCN(CCN(C)C)C(=O)CCCc1ccc(C)cc1. The number of amides is 1. The molecule has 0 atom stereocenters. The first kappa shape index (κ1) is 21.2. The third kappa shape index (κ3) is 9.25. The van der Waals surface area contributed by atoms with E-state index in [9.17, 15) is 9.59 Å². The average Bonchev–Trinajstić information content (AvgIpc) is 2.56. The van der Waals surface area contributed by atoms with Gasteiger partial charge in [-0.05, 0) is 46.3 Å². The average molecular weight is 348 g/mol. The Labute approximate surface area is 151 Å². The predicted molar refractivity (Wildman–Crippen MR) is 101 cm³/mol. The monoisotopic (exact) mass is 348 g/mol. The standard InChI is InChI=1S/C20H32N2O3/c1-5-25-20(24)13-14-22(16-15-21(3)4)19(23)8-6-7-18-11-9-17(2)10-12-18/h9-12H,5-8,13-16H2,1-4H3. The van der Waals surface area contributed by atoms with Crippen LogP contribution in [0.5, 0.6) is 0 Å². The van der Waals surface area contributed by atoms with Crippen molar-refractivity contribution in [2.45, 2.75) is 39.5 Å². The molecule has 0 fully saturated rings. The minimum Gasteiger partial charge on any atom is -0.466 e. The number of esters is 1. The Kier molecular flexibility index (Phi) is 9.85. The fourth-order valence-corrected chi connectivity index (χ4v) is 2.50. The van der Waals surface area contributed by atoms with Crippen LogP contribution in [0.15, 0.2) is 24.3 Å². The lowest BCUT2D eigenvalue weighted by atomic mass is 10.1. The molecule has 140 valence electrons. The molecule has 0 radical (unpaired) electrons. The Morgan fingerprint density at radius 2 is 1.68 bits per heavy atom. The van der Waals surface area contributed by atoms with Crippen molar-refractivity contribution in [1.29, 1.82) is 0 Å². The third-order valence-corrected chi connectivity index (χ3v) is 4.04. The van der Waals surface area contributed by atoms with Crippen molar-refractivity contribution in [3.8, 4) is 0 Å². The topological polar surface area (TPSA) is 49.9 Å². The molecule has 25 heavy (non-hydrogen) atoms. The Bertz CT molecular complexity index is 526. The van der Waals surface area contributed by atoms with Gasteiger partial charge in [0.1, 0.15) is 0 Å². The second kappa shape index (κ2) is 11.6. The molecule has 1 aromatic rings. The van der Waals surface area contributed by atoms with Gasteiger partial charge in [-0.1, -0.05) is 29.8 Å². The Hall–Kier alpha value is -1.88. The molecule has 0 saturated carbocycles. The van der Waals surface area contributed by atoms with Gasteiger partial charge in [0.15, 0.2) is 0 Å². The maximum absolute atomic E-state index is 12.5. The van der Waals surface area contributed by atoms with Crippen molar-refractivity contribution >= 4 is 11.9 Å². The number of benzene rings is 1.